The maximum atomic E-state index is 11.3. The number of anilines is 1. The topological polar surface area (TPSA) is 151 Å². The van der Waals surface area contributed by atoms with Crippen molar-refractivity contribution in [1.29, 1.82) is 5.26 Å². The van der Waals surface area contributed by atoms with E-state index >= 15 is 0 Å². The van der Waals surface area contributed by atoms with Crippen molar-refractivity contribution in [1.82, 2.24) is 0 Å². The van der Waals surface area contributed by atoms with Crippen molar-refractivity contribution in [3.05, 3.63) is 63.7 Å². The molecule has 0 aliphatic rings. The molecule has 0 amide bonds. The van der Waals surface area contributed by atoms with E-state index in [1.165, 1.54) is 6.07 Å². The molecule has 9 nitrogen and oxygen atoms in total. The second-order valence-corrected chi connectivity index (χ2v) is 6.54. The largest absolute Gasteiger partial charge is 0.295 e. The number of nitrogens with two attached hydrogens (primary N) is 1. The molecule has 0 spiro atoms. The molecular weight excluding hydrogens is 346 g/mol. The smallest absolute Gasteiger partial charge is 0.271 e. The van der Waals surface area contributed by atoms with Crippen molar-refractivity contribution in [3.8, 4) is 6.07 Å². The van der Waals surface area contributed by atoms with E-state index in [4.69, 9.17) is 10.4 Å². The molecule has 2 rings (SSSR count). The number of nitro benzene ring substituents is 1. The molecule has 0 radical (unpaired) electrons. The molecular formula is C15H13N5O4S. The zero-order valence-electron chi connectivity index (χ0n) is 13.0. The molecule has 0 aromatic heterocycles. The molecule has 0 atom stereocenters. The third kappa shape index (κ3) is 4.37. The molecule has 0 bridgehead atoms. The summed E-state index contributed by atoms with van der Waals surface area (Å²) in [6.07, 6.45) is 0. The van der Waals surface area contributed by atoms with Crippen molar-refractivity contribution in [3.63, 3.8) is 0 Å². The van der Waals surface area contributed by atoms with Gasteiger partial charge in [-0.05, 0) is 36.8 Å². The Balaban J connectivity index is 2.32. The van der Waals surface area contributed by atoms with E-state index in [0.29, 0.717) is 11.3 Å². The Hall–Kier alpha value is -3.29. The lowest BCUT2D eigenvalue weighted by atomic mass is 10.1. The molecule has 0 fully saturated rings. The van der Waals surface area contributed by atoms with Crippen LogP contribution in [-0.4, -0.2) is 19.1 Å². The minimum absolute atomic E-state index is 0.0189. The maximum Gasteiger partial charge on any atom is 0.295 e. The summed E-state index contributed by atoms with van der Waals surface area (Å²) < 4.78 is 22.6. The lowest BCUT2D eigenvalue weighted by molar-refractivity contribution is -0.384. The van der Waals surface area contributed by atoms with Crippen molar-refractivity contribution in [2.75, 3.05) is 5.43 Å². The van der Waals surface area contributed by atoms with Gasteiger partial charge in [0, 0.05) is 6.07 Å². The van der Waals surface area contributed by atoms with Gasteiger partial charge in [0.25, 0.3) is 5.69 Å². The van der Waals surface area contributed by atoms with E-state index in [9.17, 15) is 18.5 Å². The highest BCUT2D eigenvalue weighted by Gasteiger charge is 2.19. The minimum Gasteiger partial charge on any atom is -0.271 e. The number of sulfonamides is 1. The van der Waals surface area contributed by atoms with E-state index in [2.05, 4.69) is 10.5 Å². The lowest BCUT2D eigenvalue weighted by Crippen LogP contribution is -2.12. The number of nitrogens with zero attached hydrogens (tertiary/aromatic N) is 3. The number of hydrazone groups is 1. The first-order valence-electron chi connectivity index (χ1n) is 6.84. The van der Waals surface area contributed by atoms with Crippen LogP contribution in [0, 0.1) is 21.4 Å². The molecule has 0 unspecified atom stereocenters. The third-order valence-corrected chi connectivity index (χ3v) is 4.18. The standard InChI is InChI=1S/C15H13N5O4S/c1-10(12-4-2-11(9-16)3-5-12)18-19-14-7-6-13(25(17,23)24)8-15(14)20(21)22/h2-8,19H,1H3,(H2,17,23,24)/b18-10-. The Labute approximate surface area is 143 Å². The average molecular weight is 359 g/mol. The molecule has 10 heteroatoms. The van der Waals surface area contributed by atoms with Gasteiger partial charge in [0.05, 0.1) is 27.2 Å². The Morgan fingerprint density at radius 2 is 1.92 bits per heavy atom. The molecule has 2 aromatic carbocycles. The van der Waals surface area contributed by atoms with Gasteiger partial charge in [0.2, 0.25) is 10.0 Å². The maximum absolute atomic E-state index is 11.3. The van der Waals surface area contributed by atoms with Crippen LogP contribution >= 0.6 is 0 Å². The SMILES string of the molecule is C/C(=N/Nc1ccc(S(N)(=O)=O)cc1[N+](=O)[O-])c1ccc(C#N)cc1. The summed E-state index contributed by atoms with van der Waals surface area (Å²) in [6.45, 7) is 1.68. The highest BCUT2D eigenvalue weighted by molar-refractivity contribution is 7.89. The van der Waals surface area contributed by atoms with Crippen LogP contribution in [0.1, 0.15) is 18.1 Å². The zero-order valence-corrected chi connectivity index (χ0v) is 13.8. The van der Waals surface area contributed by atoms with Crippen LogP contribution in [-0.2, 0) is 10.0 Å². The van der Waals surface area contributed by atoms with Crippen LogP contribution in [0.15, 0.2) is 52.5 Å². The molecule has 0 aliphatic carbocycles. The van der Waals surface area contributed by atoms with Crippen molar-refractivity contribution in [2.24, 2.45) is 10.2 Å². The number of hydrogen-bond acceptors (Lipinski definition) is 7. The Kier molecular flexibility index (Phi) is 5.11. The fraction of sp³-hybridized carbons (Fsp3) is 0.0667. The Morgan fingerprint density at radius 3 is 2.44 bits per heavy atom. The summed E-state index contributed by atoms with van der Waals surface area (Å²) in [4.78, 5) is 10.0. The predicted octanol–water partition coefficient (Wildman–Crippen LogP) is 1.95. The average Bonchev–Trinajstić information content (AvgIpc) is 2.58. The number of primary sulfonamides is 1. The van der Waals surface area contributed by atoms with Crippen molar-refractivity contribution >= 4 is 27.1 Å². The molecule has 0 heterocycles. The Bertz CT molecular complexity index is 992. The Morgan fingerprint density at radius 1 is 1.28 bits per heavy atom. The number of nitro groups is 1. The van der Waals surface area contributed by atoms with Gasteiger partial charge >= 0.3 is 0 Å². The lowest BCUT2D eigenvalue weighted by Gasteiger charge is -2.06. The second kappa shape index (κ2) is 7.08. The molecule has 0 saturated heterocycles. The quantitative estimate of drug-likeness (QED) is 0.473. The fourth-order valence-electron chi connectivity index (χ4n) is 1.93. The molecule has 128 valence electrons. The minimum atomic E-state index is -4.05. The van der Waals surface area contributed by atoms with Gasteiger partial charge in [-0.15, -0.1) is 0 Å². The van der Waals surface area contributed by atoms with Crippen molar-refractivity contribution < 1.29 is 13.3 Å². The van der Waals surface area contributed by atoms with Gasteiger partial charge in [-0.2, -0.15) is 10.4 Å². The van der Waals surface area contributed by atoms with Gasteiger partial charge in [-0.25, -0.2) is 13.6 Å². The summed E-state index contributed by atoms with van der Waals surface area (Å²) in [5, 5.41) is 28.9. The van der Waals surface area contributed by atoms with Gasteiger partial charge in [-0.1, -0.05) is 12.1 Å². The van der Waals surface area contributed by atoms with E-state index in [1.807, 2.05) is 6.07 Å². The highest BCUT2D eigenvalue weighted by atomic mass is 32.2. The van der Waals surface area contributed by atoms with Gasteiger partial charge in [-0.3, -0.25) is 15.5 Å². The van der Waals surface area contributed by atoms with Gasteiger partial charge in [0.15, 0.2) is 0 Å². The van der Waals surface area contributed by atoms with Crippen LogP contribution in [0.3, 0.4) is 0 Å². The van der Waals surface area contributed by atoms with Crippen LogP contribution in [0.5, 0.6) is 0 Å². The summed E-state index contributed by atoms with van der Waals surface area (Å²) in [5.74, 6) is 0. The first-order chi connectivity index (χ1) is 11.7. The summed E-state index contributed by atoms with van der Waals surface area (Å²) >= 11 is 0. The third-order valence-electron chi connectivity index (χ3n) is 3.27. The van der Waals surface area contributed by atoms with E-state index in [0.717, 1.165) is 17.7 Å². The fourth-order valence-corrected chi connectivity index (χ4v) is 2.46. The van der Waals surface area contributed by atoms with Crippen LogP contribution in [0.25, 0.3) is 0 Å². The summed E-state index contributed by atoms with van der Waals surface area (Å²) in [5.41, 5.74) is 3.83. The normalized spacial score (nSPS) is 11.6. The first-order valence-corrected chi connectivity index (χ1v) is 8.39. The van der Waals surface area contributed by atoms with Crippen LogP contribution in [0.2, 0.25) is 0 Å². The molecule has 0 saturated carbocycles. The molecule has 3 N–H and O–H groups in total. The first kappa shape index (κ1) is 18.1. The number of hydrogen-bond donors (Lipinski definition) is 2. The number of nitrogens with one attached hydrogen (secondary N) is 1. The number of benzene rings is 2. The number of nitriles is 1. The number of rotatable bonds is 5. The molecule has 2 aromatic rings. The van der Waals surface area contributed by atoms with Crippen LogP contribution in [0.4, 0.5) is 11.4 Å². The monoisotopic (exact) mass is 359 g/mol. The zero-order chi connectivity index (χ0) is 18.6. The predicted molar refractivity (Wildman–Crippen MR) is 91.5 cm³/mol. The highest BCUT2D eigenvalue weighted by Crippen LogP contribution is 2.27. The van der Waals surface area contributed by atoms with Gasteiger partial charge < -0.3 is 0 Å². The summed E-state index contributed by atoms with van der Waals surface area (Å²) in [6, 6.07) is 11.9. The van der Waals surface area contributed by atoms with E-state index in [1.54, 1.807) is 31.2 Å². The van der Waals surface area contributed by atoms with Gasteiger partial charge in [0.1, 0.15) is 5.69 Å². The second-order valence-electron chi connectivity index (χ2n) is 4.98. The van der Waals surface area contributed by atoms with E-state index < -0.39 is 20.6 Å². The van der Waals surface area contributed by atoms with Crippen LogP contribution < -0.4 is 10.6 Å². The molecule has 0 aliphatic heterocycles. The van der Waals surface area contributed by atoms with E-state index in [-0.39, 0.29) is 10.6 Å². The van der Waals surface area contributed by atoms with Crippen molar-refractivity contribution in [2.45, 2.75) is 11.8 Å². The summed E-state index contributed by atoms with van der Waals surface area (Å²) in [7, 11) is -4.05. The molecule has 25 heavy (non-hydrogen) atoms.